The molecule has 0 saturated heterocycles. The summed E-state index contributed by atoms with van der Waals surface area (Å²) >= 11 is 0. The number of aldehydes is 1. The second kappa shape index (κ2) is 2.50. The van der Waals surface area contributed by atoms with Gasteiger partial charge in [-0.1, -0.05) is 6.07 Å². The third kappa shape index (κ3) is 1.02. The number of anilines is 1. The van der Waals surface area contributed by atoms with E-state index in [1.54, 1.807) is 6.07 Å². The van der Waals surface area contributed by atoms with Crippen LogP contribution in [-0.2, 0) is 0 Å². The van der Waals surface area contributed by atoms with Crippen LogP contribution in [0.1, 0.15) is 23.2 Å². The highest BCUT2D eigenvalue weighted by molar-refractivity contribution is 5.84. The molecule has 1 heterocycles. The lowest BCUT2D eigenvalue weighted by Crippen LogP contribution is -2.33. The van der Waals surface area contributed by atoms with E-state index in [1.165, 1.54) is 0 Å². The maximum atomic E-state index is 10.8. The van der Waals surface area contributed by atoms with Gasteiger partial charge in [-0.25, -0.2) is 0 Å². The van der Waals surface area contributed by atoms with Crippen molar-refractivity contribution in [1.29, 1.82) is 0 Å². The Morgan fingerprint density at radius 3 is 3.00 bits per heavy atom. The van der Waals surface area contributed by atoms with Crippen LogP contribution in [0.4, 0.5) is 5.69 Å². The minimum atomic E-state index is -0.00782. The molecular formula is C11H11NO2. The molecule has 0 atom stereocenters. The molecule has 1 fully saturated rings. The van der Waals surface area contributed by atoms with Gasteiger partial charge in [0.2, 0.25) is 0 Å². The summed E-state index contributed by atoms with van der Waals surface area (Å²) in [6.45, 7) is 0.863. The molecule has 1 saturated carbocycles. The number of hydrogen-bond acceptors (Lipinski definition) is 3. The monoisotopic (exact) mass is 189 g/mol. The Bertz CT molecular complexity index is 396. The Morgan fingerprint density at radius 1 is 1.43 bits per heavy atom. The molecule has 3 heteroatoms. The van der Waals surface area contributed by atoms with E-state index in [0.29, 0.717) is 5.56 Å². The fraction of sp³-hybridized carbons (Fsp3) is 0.364. The fourth-order valence-corrected chi connectivity index (χ4v) is 1.83. The van der Waals surface area contributed by atoms with E-state index >= 15 is 0 Å². The van der Waals surface area contributed by atoms with Gasteiger partial charge in [-0.05, 0) is 25.0 Å². The Labute approximate surface area is 82.1 Å². The Morgan fingerprint density at radius 2 is 2.29 bits per heavy atom. The zero-order chi connectivity index (χ0) is 9.60. The van der Waals surface area contributed by atoms with Crippen LogP contribution in [0.3, 0.4) is 0 Å². The molecule has 1 aliphatic carbocycles. The molecule has 14 heavy (non-hydrogen) atoms. The lowest BCUT2D eigenvalue weighted by molar-refractivity contribution is 0.111. The molecule has 0 unspecified atom stereocenters. The van der Waals surface area contributed by atoms with E-state index in [-0.39, 0.29) is 5.60 Å². The van der Waals surface area contributed by atoms with Crippen molar-refractivity contribution in [3.05, 3.63) is 23.8 Å². The third-order valence-corrected chi connectivity index (χ3v) is 2.90. The number of carbonyl (C=O) groups is 1. The average Bonchev–Trinajstić information content (AvgIpc) is 2.97. The highest BCUT2D eigenvalue weighted by Crippen LogP contribution is 2.46. The summed E-state index contributed by atoms with van der Waals surface area (Å²) in [5, 5.41) is 3.31. The average molecular weight is 189 g/mol. The van der Waals surface area contributed by atoms with E-state index < -0.39 is 0 Å². The van der Waals surface area contributed by atoms with Crippen LogP contribution < -0.4 is 10.1 Å². The van der Waals surface area contributed by atoms with Crippen LogP contribution in [0.5, 0.6) is 5.75 Å². The van der Waals surface area contributed by atoms with Crippen LogP contribution in [0.25, 0.3) is 0 Å². The zero-order valence-corrected chi connectivity index (χ0v) is 7.75. The summed E-state index contributed by atoms with van der Waals surface area (Å²) in [5.74, 6) is 0.728. The first-order valence-electron chi connectivity index (χ1n) is 4.84. The number of benzene rings is 1. The van der Waals surface area contributed by atoms with Crippen LogP contribution in [-0.4, -0.2) is 18.4 Å². The third-order valence-electron chi connectivity index (χ3n) is 2.90. The number of fused-ring (bicyclic) bond motifs is 1. The molecule has 72 valence electrons. The molecular weight excluding hydrogens is 178 g/mol. The van der Waals surface area contributed by atoms with E-state index in [9.17, 15) is 4.79 Å². The van der Waals surface area contributed by atoms with Crippen LogP contribution >= 0.6 is 0 Å². The maximum Gasteiger partial charge on any atom is 0.153 e. The molecule has 1 aromatic carbocycles. The number of para-hydroxylation sites is 1. The molecule has 0 amide bonds. The molecule has 2 aliphatic rings. The molecule has 0 aromatic heterocycles. The topological polar surface area (TPSA) is 38.3 Å². The van der Waals surface area contributed by atoms with Gasteiger partial charge in [0.1, 0.15) is 5.60 Å². The van der Waals surface area contributed by atoms with Crippen molar-refractivity contribution in [1.82, 2.24) is 0 Å². The predicted octanol–water partition coefficient (Wildman–Crippen LogP) is 1.84. The van der Waals surface area contributed by atoms with Crippen LogP contribution in [0.2, 0.25) is 0 Å². The minimum absolute atomic E-state index is 0.00782. The predicted molar refractivity (Wildman–Crippen MR) is 52.9 cm³/mol. The first-order valence-corrected chi connectivity index (χ1v) is 4.84. The van der Waals surface area contributed by atoms with Gasteiger partial charge in [-0.15, -0.1) is 0 Å². The Kier molecular flexibility index (Phi) is 1.40. The van der Waals surface area contributed by atoms with Crippen LogP contribution in [0, 0.1) is 0 Å². The SMILES string of the molecule is O=Cc1cccc2c1OC1(CC1)CN2. The van der Waals surface area contributed by atoms with Gasteiger partial charge in [0.25, 0.3) is 0 Å². The molecule has 3 rings (SSSR count). The standard InChI is InChI=1S/C11H11NO2/c13-6-8-2-1-3-9-10(8)14-11(4-5-11)7-12-9/h1-3,6,12H,4-5,7H2. The summed E-state index contributed by atoms with van der Waals surface area (Å²) < 4.78 is 5.86. The van der Waals surface area contributed by atoms with Crippen molar-refractivity contribution >= 4 is 12.0 Å². The molecule has 0 radical (unpaired) electrons. The zero-order valence-electron chi connectivity index (χ0n) is 7.75. The highest BCUT2D eigenvalue weighted by Gasteiger charge is 2.48. The van der Waals surface area contributed by atoms with Gasteiger partial charge in [0, 0.05) is 0 Å². The number of carbonyl (C=O) groups excluding carboxylic acids is 1. The van der Waals surface area contributed by atoms with Gasteiger partial charge in [0.15, 0.2) is 12.0 Å². The summed E-state index contributed by atoms with van der Waals surface area (Å²) in [6, 6.07) is 5.59. The number of ether oxygens (including phenoxy) is 1. The Balaban J connectivity index is 2.08. The van der Waals surface area contributed by atoms with Crippen molar-refractivity contribution < 1.29 is 9.53 Å². The van der Waals surface area contributed by atoms with Crippen molar-refractivity contribution in [2.45, 2.75) is 18.4 Å². The number of rotatable bonds is 1. The highest BCUT2D eigenvalue weighted by atomic mass is 16.5. The summed E-state index contributed by atoms with van der Waals surface area (Å²) in [5.41, 5.74) is 1.57. The van der Waals surface area contributed by atoms with E-state index in [4.69, 9.17) is 4.74 Å². The van der Waals surface area contributed by atoms with Gasteiger partial charge in [-0.3, -0.25) is 4.79 Å². The second-order valence-electron chi connectivity index (χ2n) is 3.98. The van der Waals surface area contributed by atoms with E-state index in [0.717, 1.165) is 37.1 Å². The van der Waals surface area contributed by atoms with Gasteiger partial charge in [0.05, 0.1) is 17.8 Å². The normalized spacial score (nSPS) is 20.6. The second-order valence-corrected chi connectivity index (χ2v) is 3.98. The number of nitrogens with one attached hydrogen (secondary N) is 1. The van der Waals surface area contributed by atoms with Crippen molar-refractivity contribution in [2.75, 3.05) is 11.9 Å². The van der Waals surface area contributed by atoms with Crippen LogP contribution in [0.15, 0.2) is 18.2 Å². The first kappa shape index (κ1) is 7.85. The van der Waals surface area contributed by atoms with E-state index in [1.807, 2.05) is 12.1 Å². The largest absolute Gasteiger partial charge is 0.483 e. The molecule has 1 aromatic rings. The van der Waals surface area contributed by atoms with Gasteiger partial charge in [-0.2, -0.15) is 0 Å². The van der Waals surface area contributed by atoms with Crippen molar-refractivity contribution in [3.8, 4) is 5.75 Å². The minimum Gasteiger partial charge on any atom is -0.483 e. The molecule has 1 spiro atoms. The quantitative estimate of drug-likeness (QED) is 0.685. The Hall–Kier alpha value is -1.51. The molecule has 0 bridgehead atoms. The summed E-state index contributed by atoms with van der Waals surface area (Å²) in [4.78, 5) is 10.8. The summed E-state index contributed by atoms with van der Waals surface area (Å²) in [6.07, 6.45) is 3.03. The smallest absolute Gasteiger partial charge is 0.153 e. The maximum absolute atomic E-state index is 10.8. The lowest BCUT2D eigenvalue weighted by atomic mass is 10.1. The molecule has 1 aliphatic heterocycles. The summed E-state index contributed by atoms with van der Waals surface area (Å²) in [7, 11) is 0. The fourth-order valence-electron chi connectivity index (χ4n) is 1.83. The van der Waals surface area contributed by atoms with Gasteiger partial charge >= 0.3 is 0 Å². The molecule has 3 nitrogen and oxygen atoms in total. The van der Waals surface area contributed by atoms with Gasteiger partial charge < -0.3 is 10.1 Å². The van der Waals surface area contributed by atoms with Crippen molar-refractivity contribution in [3.63, 3.8) is 0 Å². The number of hydrogen-bond donors (Lipinski definition) is 1. The lowest BCUT2D eigenvalue weighted by Gasteiger charge is -2.28. The van der Waals surface area contributed by atoms with Crippen molar-refractivity contribution in [2.24, 2.45) is 0 Å². The first-order chi connectivity index (χ1) is 6.83. The van der Waals surface area contributed by atoms with E-state index in [2.05, 4.69) is 5.32 Å². The molecule has 1 N–H and O–H groups in total.